The molecule has 1 saturated heterocycles. The molecular weight excluding hydrogens is 402 g/mol. The van der Waals surface area contributed by atoms with Gasteiger partial charge in [0.2, 0.25) is 5.91 Å². The SMILES string of the molecule is Cc1ccc(NCC(C)(C)NCC(=O)N2CCC[C@H]2C#N)nc1.O=C(O)/C=C/C(=O)O. The molecule has 1 aromatic heterocycles. The minimum absolute atomic E-state index is 0.00409. The van der Waals surface area contributed by atoms with E-state index in [0.29, 0.717) is 25.2 Å². The second-order valence-electron chi connectivity index (χ2n) is 7.70. The number of rotatable bonds is 8. The van der Waals surface area contributed by atoms with Crippen LogP contribution in [0.2, 0.25) is 0 Å². The smallest absolute Gasteiger partial charge is 0.328 e. The number of likely N-dealkylation sites (tertiary alicyclic amines) is 1. The number of aliphatic carboxylic acids is 2. The fraction of sp³-hybridized carbons (Fsp3) is 0.476. The lowest BCUT2D eigenvalue weighted by molar-refractivity contribution is -0.134. The predicted molar refractivity (Wildman–Crippen MR) is 114 cm³/mol. The van der Waals surface area contributed by atoms with Gasteiger partial charge in [-0.3, -0.25) is 4.79 Å². The summed E-state index contributed by atoms with van der Waals surface area (Å²) in [6, 6.07) is 5.89. The molecule has 31 heavy (non-hydrogen) atoms. The molecule has 0 unspecified atom stereocenters. The van der Waals surface area contributed by atoms with E-state index in [1.54, 1.807) is 4.90 Å². The summed E-state index contributed by atoms with van der Waals surface area (Å²) < 4.78 is 0. The number of hydrogen-bond donors (Lipinski definition) is 4. The van der Waals surface area contributed by atoms with Gasteiger partial charge in [-0.25, -0.2) is 14.6 Å². The molecule has 0 bridgehead atoms. The molecular formula is C21H29N5O5. The molecule has 0 aliphatic carbocycles. The Hall–Kier alpha value is -3.45. The summed E-state index contributed by atoms with van der Waals surface area (Å²) in [4.78, 5) is 37.3. The van der Waals surface area contributed by atoms with Crippen molar-refractivity contribution < 1.29 is 24.6 Å². The first kappa shape index (κ1) is 25.6. The molecule has 0 spiro atoms. The minimum atomic E-state index is -1.26. The summed E-state index contributed by atoms with van der Waals surface area (Å²) in [6.07, 6.45) is 4.63. The molecule has 1 aliphatic heterocycles. The van der Waals surface area contributed by atoms with Gasteiger partial charge in [0.1, 0.15) is 11.9 Å². The number of amides is 1. The molecule has 168 valence electrons. The molecule has 2 rings (SSSR count). The van der Waals surface area contributed by atoms with Gasteiger partial charge in [-0.1, -0.05) is 6.07 Å². The number of anilines is 1. The fourth-order valence-electron chi connectivity index (χ4n) is 2.70. The van der Waals surface area contributed by atoms with Gasteiger partial charge in [0.05, 0.1) is 12.6 Å². The third-order valence-electron chi connectivity index (χ3n) is 4.43. The number of carboxylic acids is 2. The average molecular weight is 431 g/mol. The monoisotopic (exact) mass is 431 g/mol. The lowest BCUT2D eigenvalue weighted by Gasteiger charge is -2.28. The summed E-state index contributed by atoms with van der Waals surface area (Å²) in [7, 11) is 0. The van der Waals surface area contributed by atoms with Gasteiger partial charge in [0, 0.05) is 37.0 Å². The number of carboxylic acid groups (broad SMARTS) is 2. The quantitative estimate of drug-likeness (QED) is 0.447. The maximum Gasteiger partial charge on any atom is 0.328 e. The van der Waals surface area contributed by atoms with Crippen molar-refractivity contribution in [3.8, 4) is 6.07 Å². The lowest BCUT2D eigenvalue weighted by atomic mass is 10.1. The number of nitrogens with zero attached hydrogens (tertiary/aromatic N) is 3. The Morgan fingerprint density at radius 1 is 1.29 bits per heavy atom. The summed E-state index contributed by atoms with van der Waals surface area (Å²) in [5, 5.41) is 31.2. The highest BCUT2D eigenvalue weighted by Crippen LogP contribution is 2.16. The number of hydrogen-bond acceptors (Lipinski definition) is 7. The Bertz CT molecular complexity index is 814. The standard InChI is InChI=1S/C17H25N5O.C4H4O4/c1-13-6-7-15(19-10-13)20-12-17(2,3)21-11-16(23)22-8-4-5-14(22)9-18;5-3(6)1-2-4(7)8/h6-7,10,14,21H,4-5,8,11-12H2,1-3H3,(H,19,20);1-2H,(H,5,6)(H,7,8)/b;2-1+/t14-;/m0./s1. The molecule has 10 nitrogen and oxygen atoms in total. The predicted octanol–water partition coefficient (Wildman–Crippen LogP) is 1.40. The Morgan fingerprint density at radius 2 is 1.94 bits per heavy atom. The molecule has 1 aliphatic rings. The van der Waals surface area contributed by atoms with Gasteiger partial charge >= 0.3 is 11.9 Å². The molecule has 1 fully saturated rings. The third-order valence-corrected chi connectivity index (χ3v) is 4.43. The number of aromatic nitrogens is 1. The fourth-order valence-corrected chi connectivity index (χ4v) is 2.70. The molecule has 10 heteroatoms. The first-order valence-corrected chi connectivity index (χ1v) is 9.78. The Kier molecular flexibility index (Phi) is 10.1. The lowest BCUT2D eigenvalue weighted by Crippen LogP contribution is -2.50. The molecule has 1 aromatic rings. The van der Waals surface area contributed by atoms with Crippen molar-refractivity contribution in [3.63, 3.8) is 0 Å². The number of nitrogens with one attached hydrogen (secondary N) is 2. The van der Waals surface area contributed by atoms with Crippen LogP contribution in [-0.4, -0.2) is 69.2 Å². The van der Waals surface area contributed by atoms with E-state index in [0.717, 1.165) is 24.2 Å². The van der Waals surface area contributed by atoms with Crippen LogP contribution in [-0.2, 0) is 14.4 Å². The van der Waals surface area contributed by atoms with Crippen LogP contribution in [0.25, 0.3) is 0 Å². The second-order valence-corrected chi connectivity index (χ2v) is 7.70. The van der Waals surface area contributed by atoms with E-state index in [2.05, 4.69) is 21.7 Å². The highest BCUT2D eigenvalue weighted by Gasteiger charge is 2.29. The molecule has 0 saturated carbocycles. The van der Waals surface area contributed by atoms with E-state index in [9.17, 15) is 14.4 Å². The van der Waals surface area contributed by atoms with Crippen LogP contribution in [0.4, 0.5) is 5.82 Å². The molecule has 0 radical (unpaired) electrons. The van der Waals surface area contributed by atoms with Gasteiger partial charge in [0.25, 0.3) is 0 Å². The van der Waals surface area contributed by atoms with E-state index in [1.165, 1.54) is 0 Å². The summed E-state index contributed by atoms with van der Waals surface area (Å²) in [5.74, 6) is -1.70. The second kappa shape index (κ2) is 12.3. The zero-order valence-corrected chi connectivity index (χ0v) is 18.0. The van der Waals surface area contributed by atoms with Gasteiger partial charge in [-0.2, -0.15) is 5.26 Å². The largest absolute Gasteiger partial charge is 0.478 e. The Morgan fingerprint density at radius 3 is 2.45 bits per heavy atom. The van der Waals surface area contributed by atoms with Gasteiger partial charge in [0.15, 0.2) is 0 Å². The van der Waals surface area contributed by atoms with Crippen LogP contribution < -0.4 is 10.6 Å². The van der Waals surface area contributed by atoms with E-state index >= 15 is 0 Å². The summed E-state index contributed by atoms with van der Waals surface area (Å²) in [6.45, 7) is 7.65. The van der Waals surface area contributed by atoms with Crippen LogP contribution in [0.1, 0.15) is 32.3 Å². The minimum Gasteiger partial charge on any atom is -0.478 e. The van der Waals surface area contributed by atoms with E-state index in [-0.39, 0.29) is 24.0 Å². The maximum atomic E-state index is 12.3. The van der Waals surface area contributed by atoms with Crippen LogP contribution >= 0.6 is 0 Å². The van der Waals surface area contributed by atoms with Crippen LogP contribution in [0.15, 0.2) is 30.5 Å². The van der Waals surface area contributed by atoms with Crippen molar-refractivity contribution in [3.05, 3.63) is 36.0 Å². The first-order valence-electron chi connectivity index (χ1n) is 9.78. The van der Waals surface area contributed by atoms with Gasteiger partial charge in [-0.15, -0.1) is 0 Å². The molecule has 1 atom stereocenters. The molecule has 1 amide bonds. The Labute approximate surface area is 181 Å². The van der Waals surface area contributed by atoms with Crippen LogP contribution in [0, 0.1) is 18.3 Å². The zero-order valence-electron chi connectivity index (χ0n) is 18.0. The molecule has 4 N–H and O–H groups in total. The van der Waals surface area contributed by atoms with Crippen molar-refractivity contribution >= 4 is 23.7 Å². The molecule has 0 aromatic carbocycles. The Balaban J connectivity index is 0.000000512. The van der Waals surface area contributed by atoms with Gasteiger partial charge < -0.3 is 25.7 Å². The number of carbonyl (C=O) groups is 3. The van der Waals surface area contributed by atoms with Crippen molar-refractivity contribution in [2.45, 2.75) is 45.2 Å². The number of nitriles is 1. The normalized spacial score (nSPS) is 15.7. The molecule has 2 heterocycles. The van der Waals surface area contributed by atoms with Crippen molar-refractivity contribution in [2.24, 2.45) is 0 Å². The van der Waals surface area contributed by atoms with E-state index < -0.39 is 11.9 Å². The summed E-state index contributed by atoms with van der Waals surface area (Å²) >= 11 is 0. The summed E-state index contributed by atoms with van der Waals surface area (Å²) in [5.41, 5.74) is 0.862. The van der Waals surface area contributed by atoms with Crippen LogP contribution in [0.3, 0.4) is 0 Å². The highest BCUT2D eigenvalue weighted by atomic mass is 16.4. The zero-order chi connectivity index (χ0) is 23.4. The first-order chi connectivity index (χ1) is 14.5. The highest BCUT2D eigenvalue weighted by molar-refractivity contribution is 5.89. The topological polar surface area (TPSA) is 156 Å². The maximum absolute atomic E-state index is 12.3. The van der Waals surface area contributed by atoms with Crippen LogP contribution in [0.5, 0.6) is 0 Å². The number of pyridine rings is 1. The average Bonchev–Trinajstić information content (AvgIpc) is 3.20. The van der Waals surface area contributed by atoms with Gasteiger partial charge in [-0.05, 0) is 45.2 Å². The van der Waals surface area contributed by atoms with E-state index in [4.69, 9.17) is 15.5 Å². The number of aryl methyl sites for hydroxylation is 1. The van der Waals surface area contributed by atoms with Crippen molar-refractivity contribution in [2.75, 3.05) is 25.0 Å². The third kappa shape index (κ3) is 10.2. The van der Waals surface area contributed by atoms with Crippen molar-refractivity contribution in [1.82, 2.24) is 15.2 Å². The van der Waals surface area contributed by atoms with E-state index in [1.807, 2.05) is 39.1 Å². The van der Waals surface area contributed by atoms with Crippen molar-refractivity contribution in [1.29, 1.82) is 5.26 Å². The number of carbonyl (C=O) groups excluding carboxylic acids is 1.